The van der Waals surface area contributed by atoms with Crippen molar-refractivity contribution in [2.24, 2.45) is 0 Å². The number of aromatic amines is 2. The van der Waals surface area contributed by atoms with Crippen molar-refractivity contribution in [1.82, 2.24) is 24.8 Å². The van der Waals surface area contributed by atoms with Crippen LogP contribution in [0.4, 0.5) is 0 Å². The Hall–Kier alpha value is -3.41. The second-order valence-corrected chi connectivity index (χ2v) is 6.27. The van der Waals surface area contributed by atoms with E-state index in [1.807, 2.05) is 31.2 Å². The van der Waals surface area contributed by atoms with E-state index in [2.05, 4.69) is 32.1 Å². The first-order valence-electron chi connectivity index (χ1n) is 8.44. The third-order valence-electron chi connectivity index (χ3n) is 4.69. The molecule has 3 heterocycles. The number of hydrogen-bond donors (Lipinski definition) is 2. The number of hydrogen-bond acceptors (Lipinski definition) is 3. The molecule has 0 aliphatic carbocycles. The van der Waals surface area contributed by atoms with E-state index in [9.17, 15) is 4.79 Å². The minimum atomic E-state index is -0.0689. The molecular weight excluding hydrogens is 326 g/mol. The molecule has 26 heavy (non-hydrogen) atoms. The van der Waals surface area contributed by atoms with E-state index in [1.165, 1.54) is 0 Å². The molecule has 6 heteroatoms. The third kappa shape index (κ3) is 2.86. The number of para-hydroxylation sites is 1. The van der Waals surface area contributed by atoms with Crippen molar-refractivity contribution >= 4 is 34.1 Å². The van der Waals surface area contributed by atoms with Gasteiger partial charge in [-0.2, -0.15) is 0 Å². The number of benzene rings is 1. The normalized spacial score (nSPS) is 12.8. The second-order valence-electron chi connectivity index (χ2n) is 6.27. The van der Waals surface area contributed by atoms with Crippen molar-refractivity contribution in [2.75, 3.05) is 7.05 Å². The average Bonchev–Trinajstić information content (AvgIpc) is 3.31. The van der Waals surface area contributed by atoms with Crippen LogP contribution in [0.1, 0.15) is 24.2 Å². The van der Waals surface area contributed by atoms with Gasteiger partial charge in [0, 0.05) is 36.1 Å². The summed E-state index contributed by atoms with van der Waals surface area (Å²) in [6.45, 7) is 2.01. The fourth-order valence-corrected chi connectivity index (χ4v) is 3.01. The maximum Gasteiger partial charge on any atom is 0.246 e. The molecule has 6 nitrogen and oxygen atoms in total. The summed E-state index contributed by atoms with van der Waals surface area (Å²) in [4.78, 5) is 29.1. The first kappa shape index (κ1) is 16.1. The summed E-state index contributed by atoms with van der Waals surface area (Å²) in [7, 11) is 1.81. The van der Waals surface area contributed by atoms with Crippen molar-refractivity contribution in [3.63, 3.8) is 0 Å². The molecule has 4 aromatic rings. The molecule has 130 valence electrons. The monoisotopic (exact) mass is 345 g/mol. The van der Waals surface area contributed by atoms with Gasteiger partial charge in [-0.05, 0) is 36.6 Å². The molecule has 0 aliphatic heterocycles. The van der Waals surface area contributed by atoms with Gasteiger partial charge < -0.3 is 14.9 Å². The topological polar surface area (TPSA) is 77.7 Å². The Balaban J connectivity index is 1.54. The average molecular weight is 345 g/mol. The molecule has 0 radical (unpaired) electrons. The van der Waals surface area contributed by atoms with Crippen LogP contribution < -0.4 is 0 Å². The Labute approximate surface area is 150 Å². The SMILES string of the molecule is CC(c1cc2ccccc2[nH]1)N(C)C(=O)C=Cc1ccnc2nc[nH]c12. The van der Waals surface area contributed by atoms with Crippen LogP contribution in [0.15, 0.2) is 55.0 Å². The summed E-state index contributed by atoms with van der Waals surface area (Å²) >= 11 is 0. The zero-order valence-corrected chi connectivity index (χ0v) is 14.6. The van der Waals surface area contributed by atoms with Gasteiger partial charge in [0.1, 0.15) is 0 Å². The van der Waals surface area contributed by atoms with Gasteiger partial charge in [0.15, 0.2) is 5.65 Å². The minimum Gasteiger partial charge on any atom is -0.357 e. The predicted molar refractivity (Wildman–Crippen MR) is 102 cm³/mol. The molecule has 1 aromatic carbocycles. The Bertz CT molecular complexity index is 1070. The van der Waals surface area contributed by atoms with E-state index >= 15 is 0 Å². The van der Waals surface area contributed by atoms with Crippen LogP contribution in [0.25, 0.3) is 28.1 Å². The number of carbonyl (C=O) groups is 1. The Morgan fingerprint density at radius 1 is 1.23 bits per heavy atom. The van der Waals surface area contributed by atoms with Gasteiger partial charge in [0.25, 0.3) is 0 Å². The molecule has 0 aliphatic rings. The lowest BCUT2D eigenvalue weighted by molar-refractivity contribution is -0.126. The van der Waals surface area contributed by atoms with Gasteiger partial charge in [0.2, 0.25) is 5.91 Å². The highest BCUT2D eigenvalue weighted by molar-refractivity contribution is 5.94. The Morgan fingerprint density at radius 3 is 2.92 bits per heavy atom. The van der Waals surface area contributed by atoms with E-state index in [4.69, 9.17) is 0 Å². The van der Waals surface area contributed by atoms with Crippen LogP contribution in [0.5, 0.6) is 0 Å². The standard InChI is InChI=1S/C20H19N5O/c1-13(17-11-15-5-3-4-6-16(15)24-17)25(2)18(26)8-7-14-9-10-21-20-19(14)22-12-23-20/h3-13,24H,1-2H3,(H,21,22,23). The summed E-state index contributed by atoms with van der Waals surface area (Å²) in [6.07, 6.45) is 6.65. The predicted octanol–water partition coefficient (Wildman–Crippen LogP) is 3.67. The van der Waals surface area contributed by atoms with Crippen LogP contribution in [-0.4, -0.2) is 37.8 Å². The Kier molecular flexibility index (Phi) is 4.01. The largest absolute Gasteiger partial charge is 0.357 e. The van der Waals surface area contributed by atoms with Gasteiger partial charge in [-0.3, -0.25) is 4.79 Å². The van der Waals surface area contributed by atoms with Crippen molar-refractivity contribution < 1.29 is 4.79 Å². The maximum absolute atomic E-state index is 12.6. The lowest BCUT2D eigenvalue weighted by Gasteiger charge is -2.22. The van der Waals surface area contributed by atoms with E-state index in [-0.39, 0.29) is 11.9 Å². The molecule has 1 amide bonds. The minimum absolute atomic E-state index is 0.0656. The molecule has 0 saturated heterocycles. The van der Waals surface area contributed by atoms with Crippen LogP contribution in [0.3, 0.4) is 0 Å². The van der Waals surface area contributed by atoms with E-state index in [0.717, 1.165) is 27.7 Å². The highest BCUT2D eigenvalue weighted by atomic mass is 16.2. The van der Waals surface area contributed by atoms with Crippen molar-refractivity contribution in [2.45, 2.75) is 13.0 Å². The number of fused-ring (bicyclic) bond motifs is 2. The molecule has 1 atom stereocenters. The summed E-state index contributed by atoms with van der Waals surface area (Å²) in [5.74, 6) is -0.0689. The Morgan fingerprint density at radius 2 is 2.08 bits per heavy atom. The first-order chi connectivity index (χ1) is 12.6. The zero-order chi connectivity index (χ0) is 18.1. The molecule has 0 spiro atoms. The summed E-state index contributed by atoms with van der Waals surface area (Å²) in [5, 5.41) is 1.14. The fraction of sp³-hybridized carbons (Fsp3) is 0.150. The molecule has 4 rings (SSSR count). The number of H-pyrrole nitrogens is 2. The number of amides is 1. The molecule has 0 fully saturated rings. The number of pyridine rings is 1. The quantitative estimate of drug-likeness (QED) is 0.554. The number of rotatable bonds is 4. The van der Waals surface area contributed by atoms with Crippen LogP contribution in [0.2, 0.25) is 0 Å². The lowest BCUT2D eigenvalue weighted by atomic mass is 10.2. The van der Waals surface area contributed by atoms with Crippen molar-refractivity contribution in [1.29, 1.82) is 0 Å². The van der Waals surface area contributed by atoms with Crippen LogP contribution in [-0.2, 0) is 4.79 Å². The molecule has 0 saturated carbocycles. The number of aromatic nitrogens is 4. The van der Waals surface area contributed by atoms with Crippen molar-refractivity contribution in [3.8, 4) is 0 Å². The highest BCUT2D eigenvalue weighted by Crippen LogP contribution is 2.23. The molecular formula is C20H19N5O. The molecule has 2 N–H and O–H groups in total. The third-order valence-corrected chi connectivity index (χ3v) is 4.69. The van der Waals surface area contributed by atoms with Gasteiger partial charge >= 0.3 is 0 Å². The number of likely N-dealkylation sites (N-methyl/N-ethyl adjacent to an activating group) is 1. The number of nitrogens with zero attached hydrogens (tertiary/aromatic N) is 3. The van der Waals surface area contributed by atoms with Gasteiger partial charge in [-0.15, -0.1) is 0 Å². The van der Waals surface area contributed by atoms with Gasteiger partial charge in [-0.25, -0.2) is 9.97 Å². The fourth-order valence-electron chi connectivity index (χ4n) is 3.01. The maximum atomic E-state index is 12.6. The summed E-state index contributed by atoms with van der Waals surface area (Å²) in [5.41, 5.74) is 4.43. The first-order valence-corrected chi connectivity index (χ1v) is 8.44. The number of imidazole rings is 1. The zero-order valence-electron chi connectivity index (χ0n) is 14.6. The summed E-state index contributed by atoms with van der Waals surface area (Å²) in [6, 6.07) is 12.0. The van der Waals surface area contributed by atoms with Crippen LogP contribution in [0, 0.1) is 0 Å². The number of carbonyl (C=O) groups excluding carboxylic acids is 1. The highest BCUT2D eigenvalue weighted by Gasteiger charge is 2.17. The van der Waals surface area contributed by atoms with Gasteiger partial charge in [0.05, 0.1) is 17.9 Å². The molecule has 0 bridgehead atoms. The second kappa shape index (κ2) is 6.48. The number of nitrogens with one attached hydrogen (secondary N) is 2. The van der Waals surface area contributed by atoms with Crippen LogP contribution >= 0.6 is 0 Å². The van der Waals surface area contributed by atoms with Gasteiger partial charge in [-0.1, -0.05) is 18.2 Å². The van der Waals surface area contributed by atoms with E-state index < -0.39 is 0 Å². The molecule has 3 aromatic heterocycles. The summed E-state index contributed by atoms with van der Waals surface area (Å²) < 4.78 is 0. The van der Waals surface area contributed by atoms with Crippen molar-refractivity contribution in [3.05, 3.63) is 66.3 Å². The lowest BCUT2D eigenvalue weighted by Crippen LogP contribution is -2.28. The van der Waals surface area contributed by atoms with E-state index in [0.29, 0.717) is 5.65 Å². The van der Waals surface area contributed by atoms with E-state index in [1.54, 1.807) is 36.6 Å². The smallest absolute Gasteiger partial charge is 0.246 e. The molecule has 1 unspecified atom stereocenters.